The van der Waals surface area contributed by atoms with Gasteiger partial charge in [0.15, 0.2) is 4.80 Å². The van der Waals surface area contributed by atoms with Gasteiger partial charge in [-0.1, -0.05) is 11.3 Å². The molecule has 0 bridgehead atoms. The van der Waals surface area contributed by atoms with Gasteiger partial charge < -0.3 is 14.0 Å². The Morgan fingerprint density at radius 2 is 1.83 bits per heavy atom. The molecule has 3 amide bonds. The van der Waals surface area contributed by atoms with E-state index in [1.54, 1.807) is 25.1 Å². The van der Waals surface area contributed by atoms with Crippen LogP contribution in [0.15, 0.2) is 23.2 Å². The molecule has 30 heavy (non-hydrogen) atoms. The third-order valence-corrected chi connectivity index (χ3v) is 5.42. The molecule has 0 radical (unpaired) electrons. The molecule has 1 aliphatic rings. The summed E-state index contributed by atoms with van der Waals surface area (Å²) >= 11 is 1.09. The van der Waals surface area contributed by atoms with Crippen LogP contribution in [-0.4, -0.2) is 59.4 Å². The third-order valence-electron chi connectivity index (χ3n) is 4.38. The smallest absolute Gasteiger partial charge is 0.338 e. The zero-order chi connectivity index (χ0) is 21.8. The van der Waals surface area contributed by atoms with E-state index in [4.69, 9.17) is 9.47 Å². The Bertz CT molecular complexity index is 1100. The Hall–Kier alpha value is -3.34. The third kappa shape index (κ3) is 4.46. The first-order valence-corrected chi connectivity index (χ1v) is 9.93. The van der Waals surface area contributed by atoms with Crippen molar-refractivity contribution < 1.29 is 33.4 Å². The van der Waals surface area contributed by atoms with Crippen LogP contribution >= 0.6 is 11.3 Å². The molecule has 1 aliphatic heterocycles. The quantitative estimate of drug-likeness (QED) is 0.483. The number of hydrogen-bond acceptors (Lipinski definition) is 8. The summed E-state index contributed by atoms with van der Waals surface area (Å²) in [4.78, 5) is 64.7. The molecule has 1 fully saturated rings. The van der Waals surface area contributed by atoms with Gasteiger partial charge in [0.25, 0.3) is 5.91 Å². The van der Waals surface area contributed by atoms with Crippen molar-refractivity contribution in [2.24, 2.45) is 4.99 Å². The molecule has 11 heteroatoms. The largest absolute Gasteiger partial charge is 0.468 e. The van der Waals surface area contributed by atoms with E-state index in [0.717, 1.165) is 16.2 Å². The van der Waals surface area contributed by atoms with Crippen LogP contribution in [0.2, 0.25) is 0 Å². The number of fused-ring (bicyclic) bond motifs is 1. The van der Waals surface area contributed by atoms with Crippen LogP contribution in [-0.2, 0) is 35.2 Å². The summed E-state index contributed by atoms with van der Waals surface area (Å²) in [5.74, 6) is -2.58. The van der Waals surface area contributed by atoms with E-state index in [1.807, 2.05) is 0 Å². The van der Waals surface area contributed by atoms with E-state index in [0.29, 0.717) is 15.8 Å². The van der Waals surface area contributed by atoms with Crippen molar-refractivity contribution in [3.05, 3.63) is 28.6 Å². The van der Waals surface area contributed by atoms with Crippen molar-refractivity contribution in [2.75, 3.05) is 20.3 Å². The van der Waals surface area contributed by atoms with Gasteiger partial charge in [-0.15, -0.1) is 0 Å². The number of likely N-dealkylation sites (tertiary alicyclic amines) is 1. The highest BCUT2D eigenvalue weighted by Crippen LogP contribution is 2.20. The fraction of sp³-hybridized carbons (Fsp3) is 0.368. The van der Waals surface area contributed by atoms with Crippen LogP contribution in [0.4, 0.5) is 0 Å². The second-order valence-electron chi connectivity index (χ2n) is 6.33. The Kier molecular flexibility index (Phi) is 6.40. The maximum absolute atomic E-state index is 12.4. The number of aromatic nitrogens is 1. The van der Waals surface area contributed by atoms with Gasteiger partial charge >= 0.3 is 11.9 Å². The van der Waals surface area contributed by atoms with Gasteiger partial charge in [-0.25, -0.2) is 4.79 Å². The highest BCUT2D eigenvalue weighted by Gasteiger charge is 2.30. The molecule has 0 N–H and O–H groups in total. The van der Waals surface area contributed by atoms with Gasteiger partial charge in [0.05, 0.1) is 29.5 Å². The molecule has 2 heterocycles. The van der Waals surface area contributed by atoms with E-state index in [2.05, 4.69) is 4.99 Å². The van der Waals surface area contributed by atoms with E-state index in [-0.39, 0.29) is 30.8 Å². The van der Waals surface area contributed by atoms with Gasteiger partial charge in [0.1, 0.15) is 13.1 Å². The molecule has 2 aromatic rings. The molecular weight excluding hydrogens is 414 g/mol. The molecular formula is C19H19N3O7S. The van der Waals surface area contributed by atoms with Crippen LogP contribution in [0.25, 0.3) is 10.2 Å². The second kappa shape index (κ2) is 8.99. The van der Waals surface area contributed by atoms with E-state index >= 15 is 0 Å². The zero-order valence-corrected chi connectivity index (χ0v) is 17.2. The molecule has 0 spiro atoms. The summed E-state index contributed by atoms with van der Waals surface area (Å²) in [5.41, 5.74) is 0.889. The lowest BCUT2D eigenvalue weighted by Crippen LogP contribution is -2.34. The molecule has 0 atom stereocenters. The minimum Gasteiger partial charge on any atom is -0.468 e. The predicted octanol–water partition coefficient (Wildman–Crippen LogP) is 0.629. The van der Waals surface area contributed by atoms with Gasteiger partial charge in [-0.3, -0.25) is 24.1 Å². The number of imide groups is 1. The fourth-order valence-corrected chi connectivity index (χ4v) is 4.01. The molecule has 10 nitrogen and oxygen atoms in total. The highest BCUT2D eigenvalue weighted by atomic mass is 32.1. The van der Waals surface area contributed by atoms with Crippen LogP contribution in [0.1, 0.15) is 30.1 Å². The SMILES string of the molecule is CCOC(=O)c1ccc2c(c1)sc(=NC(=O)CN1C(=O)CCC1=O)n2CC(=O)OC. The number of rotatable bonds is 6. The summed E-state index contributed by atoms with van der Waals surface area (Å²) in [6, 6.07) is 4.76. The number of carbonyl (C=O) groups is 5. The molecule has 158 valence electrons. The number of carbonyl (C=O) groups excluding carboxylic acids is 5. The molecule has 3 rings (SSSR count). The molecule has 0 aliphatic carbocycles. The van der Waals surface area contributed by atoms with Crippen LogP contribution in [0.5, 0.6) is 0 Å². The minimum absolute atomic E-state index is 0.0774. The van der Waals surface area contributed by atoms with E-state index in [1.165, 1.54) is 11.7 Å². The average molecular weight is 433 g/mol. The minimum atomic E-state index is -0.700. The number of amides is 3. The standard InChI is InChI=1S/C19H19N3O7S/c1-3-29-18(27)11-4-5-12-13(8-11)30-19(21(12)10-17(26)28-2)20-14(23)9-22-15(24)6-7-16(22)25/h4-5,8H,3,6-7,9-10H2,1-2H3. The Balaban J connectivity index is 2.01. The topological polar surface area (TPSA) is 124 Å². The lowest BCUT2D eigenvalue weighted by Gasteiger charge is -2.10. The molecule has 0 saturated carbocycles. The second-order valence-corrected chi connectivity index (χ2v) is 7.34. The van der Waals surface area contributed by atoms with Gasteiger partial charge in [0, 0.05) is 12.8 Å². The number of nitrogens with zero attached hydrogens (tertiary/aromatic N) is 3. The highest BCUT2D eigenvalue weighted by molar-refractivity contribution is 7.16. The normalized spacial score (nSPS) is 14.5. The summed E-state index contributed by atoms with van der Waals surface area (Å²) in [5, 5.41) is 0. The van der Waals surface area contributed by atoms with E-state index in [9.17, 15) is 24.0 Å². The molecule has 1 saturated heterocycles. The van der Waals surface area contributed by atoms with Gasteiger partial charge in [-0.05, 0) is 25.1 Å². The van der Waals surface area contributed by atoms with Crippen molar-refractivity contribution in [1.29, 1.82) is 0 Å². The first kappa shape index (κ1) is 21.4. The van der Waals surface area contributed by atoms with Crippen molar-refractivity contribution in [3.8, 4) is 0 Å². The number of ether oxygens (including phenoxy) is 2. The van der Waals surface area contributed by atoms with Crippen LogP contribution in [0, 0.1) is 0 Å². The zero-order valence-electron chi connectivity index (χ0n) is 16.4. The molecule has 1 aromatic carbocycles. The number of hydrogen-bond donors (Lipinski definition) is 0. The summed E-state index contributed by atoms with van der Waals surface area (Å²) < 4.78 is 11.8. The van der Waals surface area contributed by atoms with Gasteiger partial charge in [-0.2, -0.15) is 4.99 Å². The van der Waals surface area contributed by atoms with Crippen molar-refractivity contribution in [3.63, 3.8) is 0 Å². The first-order valence-electron chi connectivity index (χ1n) is 9.12. The summed E-state index contributed by atoms with van der Waals surface area (Å²) in [7, 11) is 1.24. The van der Waals surface area contributed by atoms with Crippen LogP contribution in [0.3, 0.4) is 0 Å². The lowest BCUT2D eigenvalue weighted by atomic mass is 10.2. The first-order chi connectivity index (χ1) is 14.3. The summed E-state index contributed by atoms with van der Waals surface area (Å²) in [6.07, 6.45) is 0.155. The fourth-order valence-electron chi connectivity index (χ4n) is 2.92. The predicted molar refractivity (Wildman–Crippen MR) is 104 cm³/mol. The van der Waals surface area contributed by atoms with E-state index < -0.39 is 36.2 Å². The lowest BCUT2D eigenvalue weighted by molar-refractivity contribution is -0.142. The Labute approximate surface area is 174 Å². The Morgan fingerprint density at radius 3 is 2.47 bits per heavy atom. The molecule has 1 aromatic heterocycles. The monoisotopic (exact) mass is 433 g/mol. The number of benzene rings is 1. The van der Waals surface area contributed by atoms with Crippen LogP contribution < -0.4 is 4.80 Å². The number of methoxy groups -OCH3 is 1. The Morgan fingerprint density at radius 1 is 1.13 bits per heavy atom. The maximum atomic E-state index is 12.4. The van der Waals surface area contributed by atoms with Crippen molar-refractivity contribution in [1.82, 2.24) is 9.47 Å². The molecule has 0 unspecified atom stereocenters. The number of thiazole rings is 1. The van der Waals surface area contributed by atoms with Gasteiger partial charge in [0.2, 0.25) is 11.8 Å². The summed E-state index contributed by atoms with van der Waals surface area (Å²) in [6.45, 7) is 1.26. The average Bonchev–Trinajstić information content (AvgIpc) is 3.21. The maximum Gasteiger partial charge on any atom is 0.338 e. The van der Waals surface area contributed by atoms with Crippen molar-refractivity contribution >= 4 is 51.2 Å². The van der Waals surface area contributed by atoms with Crippen molar-refractivity contribution in [2.45, 2.75) is 26.3 Å². The number of esters is 2.